The van der Waals surface area contributed by atoms with Crippen LogP contribution in [0.15, 0.2) is 72.9 Å². The van der Waals surface area contributed by atoms with E-state index in [4.69, 9.17) is 14.2 Å². The number of quaternary nitrogens is 1. The Kier molecular flexibility index (Phi) is 40.2. The lowest BCUT2D eigenvalue weighted by Gasteiger charge is -2.34. The molecule has 0 aromatic carbocycles. The molecule has 8 heteroatoms. The fraction of sp³-hybridized carbons (Fsp3) is 0.712. The fourth-order valence-electron chi connectivity index (χ4n) is 6.68. The van der Waals surface area contributed by atoms with Gasteiger partial charge in [-0.15, -0.1) is 0 Å². The lowest BCUT2D eigenvalue weighted by molar-refractivity contribution is -0.889. The molecule has 0 bridgehead atoms. The Labute approximate surface area is 368 Å². The van der Waals surface area contributed by atoms with Crippen molar-refractivity contribution in [2.45, 2.75) is 199 Å². The second-order valence-corrected chi connectivity index (χ2v) is 17.1. The largest absolute Gasteiger partial charge is 0.544 e. The molecule has 2 atom stereocenters. The summed E-state index contributed by atoms with van der Waals surface area (Å²) < 4.78 is 17.2. The molecule has 0 amide bonds. The van der Waals surface area contributed by atoms with Crippen molar-refractivity contribution in [2.24, 2.45) is 0 Å². The molecule has 0 saturated heterocycles. The summed E-state index contributed by atoms with van der Waals surface area (Å²) in [6.07, 6.45) is 53.5. The van der Waals surface area contributed by atoms with Gasteiger partial charge in [-0.2, -0.15) is 0 Å². The van der Waals surface area contributed by atoms with Crippen LogP contribution in [-0.2, 0) is 28.6 Å². The van der Waals surface area contributed by atoms with E-state index in [1.54, 1.807) is 21.1 Å². The maximum Gasteiger partial charge on any atom is 0.306 e. The van der Waals surface area contributed by atoms with Gasteiger partial charge in [0.2, 0.25) is 0 Å². The molecule has 0 radical (unpaired) electrons. The van der Waals surface area contributed by atoms with Crippen LogP contribution in [0.3, 0.4) is 0 Å². The van der Waals surface area contributed by atoms with Crippen molar-refractivity contribution >= 4 is 17.9 Å². The van der Waals surface area contributed by atoms with Gasteiger partial charge >= 0.3 is 11.9 Å². The van der Waals surface area contributed by atoms with E-state index in [-0.39, 0.29) is 49.1 Å². The second-order valence-electron chi connectivity index (χ2n) is 17.1. The summed E-state index contributed by atoms with van der Waals surface area (Å²) in [6, 6.07) is -0.736. The first-order chi connectivity index (χ1) is 29.1. The predicted molar refractivity (Wildman–Crippen MR) is 249 cm³/mol. The predicted octanol–water partition coefficient (Wildman–Crippen LogP) is 12.2. The first-order valence-electron chi connectivity index (χ1n) is 24.0. The maximum atomic E-state index is 12.7. The minimum Gasteiger partial charge on any atom is -0.544 e. The van der Waals surface area contributed by atoms with Crippen LogP contribution in [0.4, 0.5) is 0 Å². The summed E-state index contributed by atoms with van der Waals surface area (Å²) in [6.45, 7) is 4.54. The van der Waals surface area contributed by atoms with Crippen LogP contribution < -0.4 is 5.11 Å². The van der Waals surface area contributed by atoms with Gasteiger partial charge in [-0.25, -0.2) is 0 Å². The molecule has 0 aliphatic carbocycles. The monoisotopic (exact) mass is 840 g/mol. The lowest BCUT2D eigenvalue weighted by Crippen LogP contribution is -2.55. The van der Waals surface area contributed by atoms with Crippen molar-refractivity contribution in [2.75, 3.05) is 41.0 Å². The highest BCUT2D eigenvalue weighted by atomic mass is 16.6. The molecule has 0 saturated carbocycles. The number of unbranched alkanes of at least 4 members (excludes halogenated alkanes) is 20. The minimum absolute atomic E-state index is 0.0241. The molecule has 0 heterocycles. The molecule has 0 fully saturated rings. The number of carbonyl (C=O) groups excluding carboxylic acids is 3. The van der Waals surface area contributed by atoms with E-state index in [2.05, 4.69) is 50.3 Å². The zero-order valence-electron chi connectivity index (χ0n) is 39.1. The Morgan fingerprint density at radius 3 is 1.42 bits per heavy atom. The summed E-state index contributed by atoms with van der Waals surface area (Å²) in [5.74, 6) is -1.78. The summed E-state index contributed by atoms with van der Waals surface area (Å²) >= 11 is 0. The van der Waals surface area contributed by atoms with Crippen LogP contribution >= 0.6 is 0 Å². The highest BCUT2D eigenvalue weighted by Crippen LogP contribution is 2.14. The van der Waals surface area contributed by atoms with E-state index in [1.165, 1.54) is 77.0 Å². The number of allylic oxidation sites excluding steroid dienone is 12. The first kappa shape index (κ1) is 56.8. The van der Waals surface area contributed by atoms with E-state index in [0.717, 1.165) is 77.0 Å². The molecular weight excluding hydrogens is 751 g/mol. The van der Waals surface area contributed by atoms with E-state index in [0.29, 0.717) is 6.42 Å². The molecule has 0 rings (SSSR count). The number of hydrogen-bond acceptors (Lipinski definition) is 7. The molecule has 60 heavy (non-hydrogen) atoms. The van der Waals surface area contributed by atoms with Crippen molar-refractivity contribution in [3.05, 3.63) is 72.9 Å². The zero-order chi connectivity index (χ0) is 44.2. The number of ether oxygens (including phenoxy) is 3. The summed E-state index contributed by atoms with van der Waals surface area (Å²) in [5.41, 5.74) is 0. The number of hydrogen-bond donors (Lipinski definition) is 0. The standard InChI is InChI=1S/C52H89NO7/c1-6-8-10-12-14-16-18-20-22-24-26-28-30-32-34-36-38-40-42-50(54)59-47-48(46-58-45-44-49(52(56)57)53(3,4)5)60-51(55)43-41-39-37-35-33-31-29-27-25-23-21-19-17-15-13-11-9-7-2/h11,13,15,17,19,21,23,25-29,48-49H,6-10,12,14,16,18,20,22,24,30-47H2,1-5H3/b13-11+,17-15+,21-19+,25-23+,28-26+,29-27+. The minimum atomic E-state index is -1.13. The third-order valence-corrected chi connectivity index (χ3v) is 10.4. The van der Waals surface area contributed by atoms with Crippen molar-refractivity contribution in [1.29, 1.82) is 0 Å². The molecular formula is C52H89NO7. The highest BCUT2D eigenvalue weighted by molar-refractivity contribution is 5.70. The van der Waals surface area contributed by atoms with Gasteiger partial charge in [-0.3, -0.25) is 9.59 Å². The topological polar surface area (TPSA) is 102 Å². The molecule has 0 aromatic rings. The Morgan fingerprint density at radius 1 is 0.500 bits per heavy atom. The van der Waals surface area contributed by atoms with Crippen molar-refractivity contribution in [3.8, 4) is 0 Å². The molecule has 8 nitrogen and oxygen atoms in total. The van der Waals surface area contributed by atoms with Gasteiger partial charge in [0.1, 0.15) is 12.6 Å². The van der Waals surface area contributed by atoms with Crippen molar-refractivity contribution in [3.63, 3.8) is 0 Å². The Bertz CT molecular complexity index is 1210. The highest BCUT2D eigenvalue weighted by Gasteiger charge is 2.25. The summed E-state index contributed by atoms with van der Waals surface area (Å²) in [7, 11) is 5.39. The summed E-state index contributed by atoms with van der Waals surface area (Å²) in [5, 5.41) is 11.6. The first-order valence-corrected chi connectivity index (χ1v) is 24.0. The van der Waals surface area contributed by atoms with Crippen molar-refractivity contribution in [1.82, 2.24) is 0 Å². The molecule has 344 valence electrons. The van der Waals surface area contributed by atoms with E-state index < -0.39 is 18.1 Å². The Balaban J connectivity index is 4.38. The second kappa shape index (κ2) is 42.5. The van der Waals surface area contributed by atoms with Crippen LogP contribution in [0.25, 0.3) is 0 Å². The number of esters is 2. The molecule has 0 aliphatic heterocycles. The molecule has 0 aliphatic rings. The van der Waals surface area contributed by atoms with Gasteiger partial charge in [0.25, 0.3) is 0 Å². The molecule has 2 unspecified atom stereocenters. The van der Waals surface area contributed by atoms with E-state index in [1.807, 2.05) is 36.5 Å². The fourth-order valence-corrected chi connectivity index (χ4v) is 6.68. The normalized spacial score (nSPS) is 13.6. The van der Waals surface area contributed by atoms with Gasteiger partial charge in [0.15, 0.2) is 6.10 Å². The van der Waals surface area contributed by atoms with Gasteiger partial charge in [-0.1, -0.05) is 183 Å². The Hall–Kier alpha value is -3.23. The SMILES string of the molecule is CCC/C=C/C=C/C=C/C=C/C=C/CCCCCCCC(=O)OC(COCCC(C(=O)[O-])[N+](C)(C)C)COC(=O)CCCCCCC/C=C/CCCCCCCCCCC. The van der Waals surface area contributed by atoms with Crippen LogP contribution in [0, 0.1) is 0 Å². The Morgan fingerprint density at radius 2 is 0.933 bits per heavy atom. The van der Waals surface area contributed by atoms with Crippen LogP contribution in [0.5, 0.6) is 0 Å². The van der Waals surface area contributed by atoms with Gasteiger partial charge in [0, 0.05) is 19.3 Å². The number of rotatable bonds is 42. The molecule has 0 aromatic heterocycles. The number of aliphatic carboxylic acids is 1. The van der Waals surface area contributed by atoms with E-state index in [9.17, 15) is 19.5 Å². The number of carbonyl (C=O) groups is 3. The smallest absolute Gasteiger partial charge is 0.306 e. The lowest BCUT2D eigenvalue weighted by atomic mass is 10.1. The van der Waals surface area contributed by atoms with Crippen molar-refractivity contribution < 1.29 is 38.2 Å². The average molecular weight is 840 g/mol. The number of carboxylic acid groups (broad SMARTS) is 1. The van der Waals surface area contributed by atoms with Gasteiger partial charge < -0.3 is 28.6 Å². The summed E-state index contributed by atoms with van der Waals surface area (Å²) in [4.78, 5) is 37.0. The van der Waals surface area contributed by atoms with Gasteiger partial charge in [-0.05, 0) is 57.8 Å². The third-order valence-electron chi connectivity index (χ3n) is 10.4. The maximum absolute atomic E-state index is 12.7. The molecule has 0 N–H and O–H groups in total. The quantitative estimate of drug-likeness (QED) is 0.0198. The average Bonchev–Trinajstić information content (AvgIpc) is 3.21. The van der Waals surface area contributed by atoms with Crippen LogP contribution in [0.1, 0.15) is 187 Å². The number of carboxylic acids is 1. The number of nitrogens with zero attached hydrogens (tertiary/aromatic N) is 1. The number of likely N-dealkylation sites (N-methyl/N-ethyl adjacent to an activating group) is 1. The van der Waals surface area contributed by atoms with Gasteiger partial charge in [0.05, 0.1) is 40.3 Å². The van der Waals surface area contributed by atoms with Crippen LogP contribution in [0.2, 0.25) is 0 Å². The third kappa shape index (κ3) is 40.2. The molecule has 0 spiro atoms. The van der Waals surface area contributed by atoms with Crippen LogP contribution in [-0.4, -0.2) is 75.5 Å². The van der Waals surface area contributed by atoms with E-state index >= 15 is 0 Å². The zero-order valence-corrected chi connectivity index (χ0v) is 39.1.